The quantitative estimate of drug-likeness (QED) is 0.760. The predicted octanol–water partition coefficient (Wildman–Crippen LogP) is 3.40. The number of carbonyl (C=O) groups excluding carboxylic acids is 1. The Balaban J connectivity index is 1.81. The summed E-state index contributed by atoms with van der Waals surface area (Å²) in [6.45, 7) is -2.62. The Kier molecular flexibility index (Phi) is 4.97. The van der Waals surface area contributed by atoms with Gasteiger partial charge in [0.2, 0.25) is 5.56 Å². The highest BCUT2D eigenvalue weighted by Gasteiger charge is 2.16. The van der Waals surface area contributed by atoms with E-state index in [4.69, 9.17) is 0 Å². The number of amides is 1. The van der Waals surface area contributed by atoms with Gasteiger partial charge in [-0.15, -0.1) is 0 Å². The molecule has 1 aromatic heterocycles. The molecule has 1 N–H and O–H groups in total. The van der Waals surface area contributed by atoms with Crippen LogP contribution in [0.15, 0.2) is 59.4 Å². The average molecular weight is 358 g/mol. The van der Waals surface area contributed by atoms with Crippen molar-refractivity contribution in [3.05, 3.63) is 76.1 Å². The van der Waals surface area contributed by atoms with E-state index in [9.17, 15) is 18.4 Å². The maximum absolute atomic E-state index is 12.8. The molecule has 3 rings (SSSR count). The number of ether oxygens (including phenoxy) is 1. The highest BCUT2D eigenvalue weighted by molar-refractivity contribution is 6.05. The zero-order chi connectivity index (χ0) is 18.7. The molecule has 3 aromatic rings. The fraction of sp³-hybridized carbons (Fsp3) is 0.158. The van der Waals surface area contributed by atoms with Crippen molar-refractivity contribution in [3.8, 4) is 5.75 Å². The van der Waals surface area contributed by atoms with Crippen molar-refractivity contribution in [1.29, 1.82) is 0 Å². The minimum atomic E-state index is -2.88. The highest BCUT2D eigenvalue weighted by atomic mass is 19.3. The van der Waals surface area contributed by atoms with Crippen LogP contribution in [-0.4, -0.2) is 29.5 Å². The molecule has 0 bridgehead atoms. The van der Waals surface area contributed by atoms with Crippen LogP contribution in [0.25, 0.3) is 10.9 Å². The third kappa shape index (κ3) is 3.88. The summed E-state index contributed by atoms with van der Waals surface area (Å²) in [5.74, 6) is -0.251. The lowest BCUT2D eigenvalue weighted by atomic mass is 10.1. The van der Waals surface area contributed by atoms with Gasteiger partial charge in [-0.2, -0.15) is 8.78 Å². The first-order valence-electron chi connectivity index (χ1n) is 7.85. The van der Waals surface area contributed by atoms with E-state index >= 15 is 0 Å². The first-order chi connectivity index (χ1) is 12.4. The molecule has 7 heteroatoms. The lowest BCUT2D eigenvalue weighted by Gasteiger charge is -2.18. The van der Waals surface area contributed by atoms with Gasteiger partial charge in [0.05, 0.1) is 5.56 Å². The molecule has 1 heterocycles. The SMILES string of the molecule is CN(Cc1ccc(OC(F)F)cc1)C(=O)c1cc(=O)[nH]c2ccccc12. The van der Waals surface area contributed by atoms with Crippen molar-refractivity contribution in [2.24, 2.45) is 0 Å². The Hall–Kier alpha value is -3.22. The number of carbonyl (C=O) groups is 1. The van der Waals surface area contributed by atoms with E-state index in [1.165, 1.54) is 23.1 Å². The molecule has 0 saturated carbocycles. The van der Waals surface area contributed by atoms with Crippen LogP contribution in [0.4, 0.5) is 8.78 Å². The van der Waals surface area contributed by atoms with Gasteiger partial charge in [-0.1, -0.05) is 30.3 Å². The van der Waals surface area contributed by atoms with Crippen LogP contribution < -0.4 is 10.3 Å². The molecule has 0 aliphatic heterocycles. The number of fused-ring (bicyclic) bond motifs is 1. The van der Waals surface area contributed by atoms with Gasteiger partial charge in [0.15, 0.2) is 0 Å². The number of H-pyrrole nitrogens is 1. The van der Waals surface area contributed by atoms with Crippen molar-refractivity contribution in [3.63, 3.8) is 0 Å². The number of nitrogens with zero attached hydrogens (tertiary/aromatic N) is 1. The van der Waals surface area contributed by atoms with Crippen molar-refractivity contribution in [1.82, 2.24) is 9.88 Å². The number of rotatable bonds is 5. The standard InChI is InChI=1S/C19H16F2N2O3/c1-23(11-12-6-8-13(9-7-12)26-19(20)21)18(25)15-10-17(24)22-16-5-3-2-4-14(15)16/h2-10,19H,11H2,1H3,(H,22,24). The third-order valence-corrected chi connectivity index (χ3v) is 3.90. The Labute approximate surface area is 147 Å². The number of aromatic nitrogens is 1. The zero-order valence-corrected chi connectivity index (χ0v) is 13.9. The summed E-state index contributed by atoms with van der Waals surface area (Å²) in [6.07, 6.45) is 0. The average Bonchev–Trinajstić information content (AvgIpc) is 2.61. The van der Waals surface area contributed by atoms with Crippen LogP contribution in [0.3, 0.4) is 0 Å². The van der Waals surface area contributed by atoms with E-state index in [1.807, 2.05) is 0 Å². The zero-order valence-electron chi connectivity index (χ0n) is 13.9. The van der Waals surface area contributed by atoms with E-state index in [2.05, 4.69) is 9.72 Å². The van der Waals surface area contributed by atoms with Crippen molar-refractivity contribution in [2.75, 3.05) is 7.05 Å². The van der Waals surface area contributed by atoms with E-state index < -0.39 is 6.61 Å². The Morgan fingerprint density at radius 1 is 1.15 bits per heavy atom. The van der Waals surface area contributed by atoms with Gasteiger partial charge in [-0.3, -0.25) is 9.59 Å². The molecule has 0 spiro atoms. The van der Waals surface area contributed by atoms with Gasteiger partial charge in [-0.05, 0) is 23.8 Å². The molecule has 5 nitrogen and oxygen atoms in total. The van der Waals surface area contributed by atoms with Gasteiger partial charge in [0, 0.05) is 30.6 Å². The molecule has 0 aliphatic carbocycles. The summed E-state index contributed by atoms with van der Waals surface area (Å²) in [4.78, 5) is 28.7. The highest BCUT2D eigenvalue weighted by Crippen LogP contribution is 2.19. The first-order valence-corrected chi connectivity index (χ1v) is 7.85. The minimum Gasteiger partial charge on any atom is -0.435 e. The Bertz CT molecular complexity index is 984. The number of alkyl halides is 2. The smallest absolute Gasteiger partial charge is 0.387 e. The van der Waals surface area contributed by atoms with E-state index in [0.29, 0.717) is 16.5 Å². The molecule has 134 valence electrons. The van der Waals surface area contributed by atoms with Crippen LogP contribution in [0.2, 0.25) is 0 Å². The Morgan fingerprint density at radius 3 is 2.54 bits per heavy atom. The molecule has 0 aliphatic rings. The molecule has 0 saturated heterocycles. The lowest BCUT2D eigenvalue weighted by molar-refractivity contribution is -0.0498. The fourth-order valence-electron chi connectivity index (χ4n) is 2.71. The molecular weight excluding hydrogens is 342 g/mol. The number of hydrogen-bond donors (Lipinski definition) is 1. The van der Waals surface area contributed by atoms with E-state index in [0.717, 1.165) is 5.56 Å². The van der Waals surface area contributed by atoms with Crippen molar-refractivity contribution < 1.29 is 18.3 Å². The van der Waals surface area contributed by atoms with Crippen molar-refractivity contribution >= 4 is 16.8 Å². The first kappa shape index (κ1) is 17.6. The molecule has 2 aromatic carbocycles. The van der Waals surface area contributed by atoms with Crippen LogP contribution in [0.5, 0.6) is 5.75 Å². The number of halogens is 2. The van der Waals surface area contributed by atoms with Gasteiger partial charge >= 0.3 is 6.61 Å². The monoisotopic (exact) mass is 358 g/mol. The van der Waals surface area contributed by atoms with E-state index in [1.54, 1.807) is 43.4 Å². The van der Waals surface area contributed by atoms with Gasteiger partial charge in [0.1, 0.15) is 5.75 Å². The van der Waals surface area contributed by atoms with Gasteiger partial charge < -0.3 is 14.6 Å². The molecule has 0 atom stereocenters. The Morgan fingerprint density at radius 2 is 1.85 bits per heavy atom. The van der Waals surface area contributed by atoms with Gasteiger partial charge in [-0.25, -0.2) is 0 Å². The lowest BCUT2D eigenvalue weighted by Crippen LogP contribution is -2.27. The fourth-order valence-corrected chi connectivity index (χ4v) is 2.71. The maximum atomic E-state index is 12.8. The predicted molar refractivity (Wildman–Crippen MR) is 93.4 cm³/mol. The number of aromatic amines is 1. The second-order valence-electron chi connectivity index (χ2n) is 5.78. The van der Waals surface area contributed by atoms with Crippen LogP contribution in [-0.2, 0) is 6.54 Å². The van der Waals surface area contributed by atoms with Crippen LogP contribution in [0.1, 0.15) is 15.9 Å². The maximum Gasteiger partial charge on any atom is 0.387 e. The third-order valence-electron chi connectivity index (χ3n) is 3.90. The summed E-state index contributed by atoms with van der Waals surface area (Å²) in [6, 6.07) is 14.4. The summed E-state index contributed by atoms with van der Waals surface area (Å²) in [5, 5.41) is 0.657. The molecule has 0 fully saturated rings. The van der Waals surface area contributed by atoms with Crippen LogP contribution in [0, 0.1) is 0 Å². The van der Waals surface area contributed by atoms with Crippen LogP contribution >= 0.6 is 0 Å². The largest absolute Gasteiger partial charge is 0.435 e. The summed E-state index contributed by atoms with van der Waals surface area (Å²) in [7, 11) is 1.61. The molecule has 1 amide bonds. The minimum absolute atomic E-state index is 0.0540. The number of pyridine rings is 1. The summed E-state index contributed by atoms with van der Waals surface area (Å²) < 4.78 is 28.7. The number of hydrogen-bond acceptors (Lipinski definition) is 3. The molecule has 26 heavy (non-hydrogen) atoms. The van der Waals surface area contributed by atoms with E-state index in [-0.39, 0.29) is 23.8 Å². The normalized spacial score (nSPS) is 10.9. The molecular formula is C19H16F2N2O3. The second-order valence-corrected chi connectivity index (χ2v) is 5.78. The number of benzene rings is 2. The number of nitrogens with one attached hydrogen (secondary N) is 1. The second kappa shape index (κ2) is 7.35. The topological polar surface area (TPSA) is 62.4 Å². The van der Waals surface area contributed by atoms with Gasteiger partial charge in [0.25, 0.3) is 5.91 Å². The summed E-state index contributed by atoms with van der Waals surface area (Å²) in [5.41, 5.74) is 1.29. The molecule has 0 unspecified atom stereocenters. The number of para-hydroxylation sites is 1. The molecule has 0 radical (unpaired) electrons. The van der Waals surface area contributed by atoms with Crippen molar-refractivity contribution in [2.45, 2.75) is 13.2 Å². The summed E-state index contributed by atoms with van der Waals surface area (Å²) >= 11 is 0.